The molecule has 2 atom stereocenters. The zero-order valence-electron chi connectivity index (χ0n) is 10.9. The summed E-state index contributed by atoms with van der Waals surface area (Å²) in [6, 6.07) is 4.44. The molecular weight excluding hydrogens is 266 g/mol. The molecule has 0 aromatic heterocycles. The molecule has 2 rings (SSSR count). The van der Waals surface area contributed by atoms with Crippen molar-refractivity contribution in [1.82, 2.24) is 5.32 Å². The van der Waals surface area contributed by atoms with Crippen molar-refractivity contribution in [2.45, 2.75) is 25.9 Å². The third kappa shape index (κ3) is 3.39. The van der Waals surface area contributed by atoms with Crippen LogP contribution in [0.3, 0.4) is 0 Å². The van der Waals surface area contributed by atoms with E-state index in [1.165, 1.54) is 12.1 Å². The van der Waals surface area contributed by atoms with Crippen LogP contribution in [-0.2, 0) is 4.74 Å². The van der Waals surface area contributed by atoms with Crippen molar-refractivity contribution in [3.05, 3.63) is 28.8 Å². The summed E-state index contributed by atoms with van der Waals surface area (Å²) >= 11 is 5.82. The van der Waals surface area contributed by atoms with Crippen LogP contribution < -0.4 is 5.32 Å². The minimum Gasteiger partial charge on any atom is -0.507 e. The van der Waals surface area contributed by atoms with Crippen LogP contribution >= 0.6 is 11.6 Å². The lowest BCUT2D eigenvalue weighted by Gasteiger charge is -2.17. The Balaban J connectivity index is 1.96. The molecule has 0 saturated carbocycles. The molecule has 4 nitrogen and oxygen atoms in total. The van der Waals surface area contributed by atoms with Crippen LogP contribution in [0.25, 0.3) is 0 Å². The molecule has 1 aliphatic rings. The molecule has 1 heterocycles. The van der Waals surface area contributed by atoms with Gasteiger partial charge in [0.15, 0.2) is 0 Å². The average molecular weight is 284 g/mol. The van der Waals surface area contributed by atoms with Crippen molar-refractivity contribution in [2.24, 2.45) is 5.92 Å². The fourth-order valence-electron chi connectivity index (χ4n) is 2.39. The smallest absolute Gasteiger partial charge is 0.255 e. The SMILES string of the molecule is CCC1OCCC1CNC(=O)c1cc(Cl)ccc1O. The van der Waals surface area contributed by atoms with Crippen molar-refractivity contribution >= 4 is 17.5 Å². The summed E-state index contributed by atoms with van der Waals surface area (Å²) in [5.41, 5.74) is 0.208. The number of amides is 1. The number of rotatable bonds is 4. The molecule has 2 unspecified atom stereocenters. The largest absolute Gasteiger partial charge is 0.507 e. The molecule has 1 fully saturated rings. The number of phenols is 1. The fraction of sp³-hybridized carbons (Fsp3) is 0.500. The molecule has 1 saturated heterocycles. The van der Waals surface area contributed by atoms with E-state index in [-0.39, 0.29) is 23.3 Å². The summed E-state index contributed by atoms with van der Waals surface area (Å²) < 4.78 is 5.57. The van der Waals surface area contributed by atoms with E-state index in [0.717, 1.165) is 19.4 Å². The highest BCUT2D eigenvalue weighted by Crippen LogP contribution is 2.24. The number of phenolic OH excluding ortho intramolecular Hbond substituents is 1. The van der Waals surface area contributed by atoms with Crippen molar-refractivity contribution in [2.75, 3.05) is 13.2 Å². The second-order valence-electron chi connectivity index (χ2n) is 4.74. The van der Waals surface area contributed by atoms with E-state index in [9.17, 15) is 9.90 Å². The Bertz CT molecular complexity index is 464. The first-order valence-corrected chi connectivity index (χ1v) is 6.88. The fourth-order valence-corrected chi connectivity index (χ4v) is 2.56. The molecule has 1 aliphatic heterocycles. The van der Waals surface area contributed by atoms with E-state index in [4.69, 9.17) is 16.3 Å². The van der Waals surface area contributed by atoms with Gasteiger partial charge in [-0.15, -0.1) is 0 Å². The molecule has 0 aliphatic carbocycles. The van der Waals surface area contributed by atoms with Crippen LogP contribution in [0, 0.1) is 5.92 Å². The van der Waals surface area contributed by atoms with Gasteiger partial charge in [-0.05, 0) is 31.0 Å². The zero-order valence-corrected chi connectivity index (χ0v) is 11.6. The number of hydrogen-bond acceptors (Lipinski definition) is 3. The number of carbonyl (C=O) groups is 1. The van der Waals surface area contributed by atoms with Crippen LogP contribution in [0.2, 0.25) is 5.02 Å². The molecule has 104 valence electrons. The summed E-state index contributed by atoms with van der Waals surface area (Å²) in [6.07, 6.45) is 2.12. The van der Waals surface area contributed by atoms with Crippen LogP contribution in [0.5, 0.6) is 5.75 Å². The van der Waals surface area contributed by atoms with Gasteiger partial charge in [-0.25, -0.2) is 0 Å². The van der Waals surface area contributed by atoms with E-state index in [1.54, 1.807) is 6.07 Å². The van der Waals surface area contributed by atoms with Crippen molar-refractivity contribution in [1.29, 1.82) is 0 Å². The van der Waals surface area contributed by atoms with E-state index in [2.05, 4.69) is 12.2 Å². The number of nitrogens with one attached hydrogen (secondary N) is 1. The number of benzene rings is 1. The normalized spacial score (nSPS) is 22.4. The van der Waals surface area contributed by atoms with Crippen LogP contribution in [0.4, 0.5) is 0 Å². The first kappa shape index (κ1) is 14.2. The predicted octanol–water partition coefficient (Wildman–Crippen LogP) is 2.59. The summed E-state index contributed by atoms with van der Waals surface area (Å²) in [4.78, 5) is 12.0. The minimum atomic E-state index is -0.304. The highest BCUT2D eigenvalue weighted by Gasteiger charge is 2.27. The van der Waals surface area contributed by atoms with Gasteiger partial charge in [0.1, 0.15) is 5.75 Å². The number of ether oxygens (including phenoxy) is 1. The Labute approximate surface area is 117 Å². The third-order valence-corrected chi connectivity index (χ3v) is 3.71. The molecule has 1 aromatic rings. The summed E-state index contributed by atoms with van der Waals surface area (Å²) in [5.74, 6) is -0.0198. The summed E-state index contributed by atoms with van der Waals surface area (Å²) in [6.45, 7) is 3.39. The highest BCUT2D eigenvalue weighted by atomic mass is 35.5. The molecule has 0 bridgehead atoms. The zero-order chi connectivity index (χ0) is 13.8. The number of aromatic hydroxyl groups is 1. The first-order chi connectivity index (χ1) is 9.11. The molecule has 5 heteroatoms. The topological polar surface area (TPSA) is 58.6 Å². The first-order valence-electron chi connectivity index (χ1n) is 6.50. The van der Waals surface area contributed by atoms with Crippen molar-refractivity contribution < 1.29 is 14.6 Å². The second-order valence-corrected chi connectivity index (χ2v) is 5.17. The number of hydrogen-bond donors (Lipinski definition) is 2. The van der Waals surface area contributed by atoms with Gasteiger partial charge < -0.3 is 15.2 Å². The van der Waals surface area contributed by atoms with Crippen LogP contribution in [0.15, 0.2) is 18.2 Å². The van der Waals surface area contributed by atoms with Gasteiger partial charge in [0, 0.05) is 24.1 Å². The van der Waals surface area contributed by atoms with E-state index >= 15 is 0 Å². The van der Waals surface area contributed by atoms with E-state index < -0.39 is 0 Å². The Hall–Kier alpha value is -1.26. The lowest BCUT2D eigenvalue weighted by atomic mass is 9.99. The maximum absolute atomic E-state index is 12.0. The Morgan fingerprint density at radius 1 is 1.58 bits per heavy atom. The Morgan fingerprint density at radius 2 is 2.37 bits per heavy atom. The molecule has 2 N–H and O–H groups in total. The van der Waals surface area contributed by atoms with Gasteiger partial charge in [0.05, 0.1) is 11.7 Å². The maximum atomic E-state index is 12.0. The highest BCUT2D eigenvalue weighted by molar-refractivity contribution is 6.31. The average Bonchev–Trinajstić information content (AvgIpc) is 2.86. The quantitative estimate of drug-likeness (QED) is 0.893. The van der Waals surface area contributed by atoms with Crippen LogP contribution in [0.1, 0.15) is 30.1 Å². The Kier molecular flexibility index (Phi) is 4.66. The number of carbonyl (C=O) groups excluding carboxylic acids is 1. The molecule has 1 aromatic carbocycles. The van der Waals surface area contributed by atoms with Crippen molar-refractivity contribution in [3.63, 3.8) is 0 Å². The van der Waals surface area contributed by atoms with Crippen LogP contribution in [-0.4, -0.2) is 30.3 Å². The second kappa shape index (κ2) is 6.26. The van der Waals surface area contributed by atoms with Gasteiger partial charge in [0.25, 0.3) is 5.91 Å². The Morgan fingerprint density at radius 3 is 3.11 bits per heavy atom. The molecule has 0 spiro atoms. The van der Waals surface area contributed by atoms with Gasteiger partial charge >= 0.3 is 0 Å². The molecule has 0 radical (unpaired) electrons. The molecule has 1 amide bonds. The summed E-state index contributed by atoms with van der Waals surface area (Å²) in [5, 5.41) is 12.9. The third-order valence-electron chi connectivity index (χ3n) is 3.48. The lowest BCUT2D eigenvalue weighted by molar-refractivity contribution is 0.0826. The van der Waals surface area contributed by atoms with Crippen molar-refractivity contribution in [3.8, 4) is 5.75 Å². The van der Waals surface area contributed by atoms with E-state index in [0.29, 0.717) is 17.5 Å². The maximum Gasteiger partial charge on any atom is 0.255 e. The standard InChI is InChI=1S/C14H18ClNO3/c1-2-13-9(5-6-19-13)8-16-14(18)11-7-10(15)3-4-12(11)17/h3-4,7,9,13,17H,2,5-6,8H2,1H3,(H,16,18). The van der Waals surface area contributed by atoms with Gasteiger partial charge in [-0.1, -0.05) is 18.5 Å². The monoisotopic (exact) mass is 283 g/mol. The molecule has 19 heavy (non-hydrogen) atoms. The number of halogens is 1. The summed E-state index contributed by atoms with van der Waals surface area (Å²) in [7, 11) is 0. The minimum absolute atomic E-state index is 0.0587. The predicted molar refractivity (Wildman–Crippen MR) is 73.6 cm³/mol. The van der Waals surface area contributed by atoms with Gasteiger partial charge in [-0.2, -0.15) is 0 Å². The lowest BCUT2D eigenvalue weighted by Crippen LogP contribution is -2.32. The van der Waals surface area contributed by atoms with E-state index in [1.807, 2.05) is 0 Å². The van der Waals surface area contributed by atoms with Gasteiger partial charge in [0.2, 0.25) is 0 Å². The van der Waals surface area contributed by atoms with Gasteiger partial charge in [-0.3, -0.25) is 4.79 Å². The molecular formula is C14H18ClNO3.